The van der Waals surface area contributed by atoms with E-state index in [4.69, 9.17) is 4.98 Å². The Morgan fingerprint density at radius 1 is 1.13 bits per heavy atom. The van der Waals surface area contributed by atoms with Crippen molar-refractivity contribution in [3.63, 3.8) is 0 Å². The van der Waals surface area contributed by atoms with Crippen LogP contribution in [0.15, 0.2) is 42.5 Å². The first kappa shape index (κ1) is 15.7. The molecule has 3 aromatic rings. The summed E-state index contributed by atoms with van der Waals surface area (Å²) in [5.41, 5.74) is 2.48. The molecule has 0 aliphatic rings. The molecule has 0 saturated heterocycles. The van der Waals surface area contributed by atoms with Crippen LogP contribution in [0.4, 0.5) is 0 Å². The quantitative estimate of drug-likeness (QED) is 0.693. The first-order chi connectivity index (χ1) is 11.1. The number of amides is 1. The molecule has 3 nitrogen and oxygen atoms in total. The number of pyridine rings is 1. The van der Waals surface area contributed by atoms with E-state index in [1.54, 1.807) is 11.3 Å². The minimum atomic E-state index is 0.0723. The zero-order valence-electron chi connectivity index (χ0n) is 13.7. The van der Waals surface area contributed by atoms with Crippen molar-refractivity contribution >= 4 is 28.1 Å². The molecule has 0 radical (unpaired) electrons. The smallest absolute Gasteiger partial charge is 0.254 e. The highest BCUT2D eigenvalue weighted by Crippen LogP contribution is 2.30. The molecule has 1 aromatic carbocycles. The van der Waals surface area contributed by atoms with Crippen LogP contribution in [-0.4, -0.2) is 28.9 Å². The average Bonchev–Trinajstić information content (AvgIpc) is 3.01. The Bertz CT molecular complexity index is 849. The van der Waals surface area contributed by atoms with Gasteiger partial charge in [0.1, 0.15) is 0 Å². The lowest BCUT2D eigenvalue weighted by Crippen LogP contribution is -2.30. The van der Waals surface area contributed by atoms with Crippen LogP contribution in [0.1, 0.15) is 29.1 Å². The number of aromatic nitrogens is 1. The molecule has 0 aliphatic carbocycles. The molecule has 0 fully saturated rings. The monoisotopic (exact) mass is 324 g/mol. The molecule has 0 aliphatic heterocycles. The van der Waals surface area contributed by atoms with Crippen LogP contribution in [0.2, 0.25) is 0 Å². The second-order valence-corrected chi connectivity index (χ2v) is 6.75. The van der Waals surface area contributed by atoms with Crippen molar-refractivity contribution in [1.29, 1.82) is 0 Å². The van der Waals surface area contributed by atoms with Gasteiger partial charge >= 0.3 is 0 Å². The van der Waals surface area contributed by atoms with Crippen molar-refractivity contribution in [3.05, 3.63) is 52.9 Å². The minimum absolute atomic E-state index is 0.0723. The highest BCUT2D eigenvalue weighted by Gasteiger charge is 2.18. The number of hydrogen-bond acceptors (Lipinski definition) is 3. The fraction of sp³-hybridized carbons (Fsp3) is 0.263. The number of benzene rings is 1. The molecule has 4 heteroatoms. The summed E-state index contributed by atoms with van der Waals surface area (Å²) in [6, 6.07) is 14.0. The van der Waals surface area contributed by atoms with Gasteiger partial charge in [0.05, 0.1) is 21.7 Å². The minimum Gasteiger partial charge on any atom is -0.339 e. The van der Waals surface area contributed by atoms with Crippen LogP contribution < -0.4 is 0 Å². The van der Waals surface area contributed by atoms with Crippen molar-refractivity contribution in [2.45, 2.75) is 20.8 Å². The van der Waals surface area contributed by atoms with Crippen LogP contribution in [0.25, 0.3) is 21.5 Å². The number of para-hydroxylation sites is 1. The molecule has 0 spiro atoms. The largest absolute Gasteiger partial charge is 0.339 e. The number of nitrogens with zero attached hydrogens (tertiary/aromatic N) is 2. The zero-order valence-corrected chi connectivity index (χ0v) is 14.5. The van der Waals surface area contributed by atoms with E-state index in [1.165, 1.54) is 4.88 Å². The van der Waals surface area contributed by atoms with Gasteiger partial charge in [-0.2, -0.15) is 0 Å². The van der Waals surface area contributed by atoms with Gasteiger partial charge in [0.2, 0.25) is 0 Å². The van der Waals surface area contributed by atoms with E-state index in [9.17, 15) is 4.79 Å². The molecular formula is C19H20N2OS. The summed E-state index contributed by atoms with van der Waals surface area (Å²) in [6.45, 7) is 7.51. The molecule has 2 heterocycles. The van der Waals surface area contributed by atoms with E-state index in [0.717, 1.165) is 27.0 Å². The van der Waals surface area contributed by atoms with Crippen molar-refractivity contribution in [2.75, 3.05) is 13.1 Å². The Balaban J connectivity index is 2.20. The third kappa shape index (κ3) is 2.99. The normalized spacial score (nSPS) is 10.9. The SMILES string of the molecule is CCN(CC)C(=O)c1cc(-c2ccc(C)s2)nc2ccccc12. The fourth-order valence-electron chi connectivity index (χ4n) is 2.73. The van der Waals surface area contributed by atoms with Gasteiger partial charge in [-0.3, -0.25) is 4.79 Å². The van der Waals surface area contributed by atoms with Gasteiger partial charge in [-0.15, -0.1) is 11.3 Å². The summed E-state index contributed by atoms with van der Waals surface area (Å²) in [5.74, 6) is 0.0723. The first-order valence-corrected chi connectivity index (χ1v) is 8.71. The highest BCUT2D eigenvalue weighted by atomic mass is 32.1. The number of thiophene rings is 1. The van der Waals surface area contributed by atoms with Gasteiger partial charge in [-0.1, -0.05) is 18.2 Å². The van der Waals surface area contributed by atoms with Gasteiger partial charge in [0.15, 0.2) is 0 Å². The van der Waals surface area contributed by atoms with E-state index < -0.39 is 0 Å². The topological polar surface area (TPSA) is 33.2 Å². The Kier molecular flexibility index (Phi) is 4.44. The summed E-state index contributed by atoms with van der Waals surface area (Å²) in [6.07, 6.45) is 0. The Hall–Kier alpha value is -2.20. The van der Waals surface area contributed by atoms with E-state index in [-0.39, 0.29) is 5.91 Å². The molecular weight excluding hydrogens is 304 g/mol. The second kappa shape index (κ2) is 6.50. The van der Waals surface area contributed by atoms with Crippen LogP contribution in [-0.2, 0) is 0 Å². The summed E-state index contributed by atoms with van der Waals surface area (Å²) < 4.78 is 0. The number of fused-ring (bicyclic) bond motifs is 1. The molecule has 0 N–H and O–H groups in total. The predicted molar refractivity (Wildman–Crippen MR) is 97.0 cm³/mol. The summed E-state index contributed by atoms with van der Waals surface area (Å²) in [5, 5.41) is 0.918. The lowest BCUT2D eigenvalue weighted by Gasteiger charge is -2.20. The van der Waals surface area contributed by atoms with Gasteiger partial charge in [0, 0.05) is 23.4 Å². The number of carbonyl (C=O) groups is 1. The average molecular weight is 324 g/mol. The Morgan fingerprint density at radius 3 is 2.52 bits per heavy atom. The number of aryl methyl sites for hydroxylation is 1. The number of hydrogen-bond donors (Lipinski definition) is 0. The van der Waals surface area contributed by atoms with Crippen LogP contribution >= 0.6 is 11.3 Å². The van der Waals surface area contributed by atoms with Gasteiger partial charge in [0.25, 0.3) is 5.91 Å². The van der Waals surface area contributed by atoms with Crippen molar-refractivity contribution < 1.29 is 4.79 Å². The molecule has 0 atom stereocenters. The van der Waals surface area contributed by atoms with Gasteiger partial charge in [-0.05, 0) is 45.0 Å². The molecule has 118 valence electrons. The summed E-state index contributed by atoms with van der Waals surface area (Å²) >= 11 is 1.70. The van der Waals surface area contributed by atoms with Crippen LogP contribution in [0.3, 0.4) is 0 Å². The van der Waals surface area contributed by atoms with Crippen molar-refractivity contribution in [2.24, 2.45) is 0 Å². The molecule has 0 bridgehead atoms. The lowest BCUT2D eigenvalue weighted by atomic mass is 10.1. The second-order valence-electron chi connectivity index (χ2n) is 5.46. The molecule has 23 heavy (non-hydrogen) atoms. The summed E-state index contributed by atoms with van der Waals surface area (Å²) in [4.78, 5) is 21.9. The number of carbonyl (C=O) groups excluding carboxylic acids is 1. The fourth-order valence-corrected chi connectivity index (χ4v) is 3.56. The maximum atomic E-state index is 12.9. The van der Waals surface area contributed by atoms with E-state index >= 15 is 0 Å². The number of rotatable bonds is 4. The molecule has 0 saturated carbocycles. The van der Waals surface area contributed by atoms with E-state index in [2.05, 4.69) is 19.1 Å². The maximum Gasteiger partial charge on any atom is 0.254 e. The Morgan fingerprint density at radius 2 is 1.87 bits per heavy atom. The highest BCUT2D eigenvalue weighted by molar-refractivity contribution is 7.15. The van der Waals surface area contributed by atoms with Crippen molar-refractivity contribution in [3.8, 4) is 10.6 Å². The predicted octanol–water partition coefficient (Wildman–Crippen LogP) is 4.75. The third-order valence-corrected chi connectivity index (χ3v) is 5.01. The van der Waals surface area contributed by atoms with Gasteiger partial charge in [-0.25, -0.2) is 4.98 Å². The van der Waals surface area contributed by atoms with E-state index in [0.29, 0.717) is 13.1 Å². The third-order valence-electron chi connectivity index (χ3n) is 3.99. The van der Waals surface area contributed by atoms with Crippen molar-refractivity contribution in [1.82, 2.24) is 9.88 Å². The summed E-state index contributed by atoms with van der Waals surface area (Å²) in [7, 11) is 0. The van der Waals surface area contributed by atoms with Crippen LogP contribution in [0.5, 0.6) is 0 Å². The Labute approximate surface area is 140 Å². The zero-order chi connectivity index (χ0) is 16.4. The molecule has 0 unspecified atom stereocenters. The molecule has 2 aromatic heterocycles. The molecule has 1 amide bonds. The molecule has 3 rings (SSSR count). The van der Waals surface area contributed by atoms with Gasteiger partial charge < -0.3 is 4.90 Å². The van der Waals surface area contributed by atoms with Crippen LogP contribution in [0, 0.1) is 6.92 Å². The lowest BCUT2D eigenvalue weighted by molar-refractivity contribution is 0.0775. The van der Waals surface area contributed by atoms with E-state index in [1.807, 2.05) is 49.1 Å². The standard InChI is InChI=1S/C19H20N2OS/c1-4-21(5-2)19(22)15-12-17(18-11-10-13(3)23-18)20-16-9-7-6-8-14(15)16/h6-12H,4-5H2,1-3H3. The maximum absolute atomic E-state index is 12.9. The first-order valence-electron chi connectivity index (χ1n) is 7.90.